The van der Waals surface area contributed by atoms with Gasteiger partial charge in [-0.25, -0.2) is 0 Å². The van der Waals surface area contributed by atoms with Crippen molar-refractivity contribution in [2.75, 3.05) is 24.6 Å². The van der Waals surface area contributed by atoms with Crippen molar-refractivity contribution in [3.63, 3.8) is 0 Å². The van der Waals surface area contributed by atoms with Crippen LogP contribution in [-0.2, 0) is 4.79 Å². The molecule has 1 saturated heterocycles. The van der Waals surface area contributed by atoms with E-state index in [1.165, 1.54) is 0 Å². The van der Waals surface area contributed by atoms with Gasteiger partial charge < -0.3 is 15.4 Å². The minimum Gasteiger partial charge on any atom is -0.491 e. The van der Waals surface area contributed by atoms with Crippen LogP contribution >= 0.6 is 11.8 Å². The number of nitrogens with zero attached hydrogens (tertiary/aromatic N) is 1. The summed E-state index contributed by atoms with van der Waals surface area (Å²) in [4.78, 5) is 14.2. The Morgan fingerprint density at radius 2 is 2.20 bits per heavy atom. The highest BCUT2D eigenvalue weighted by Crippen LogP contribution is 2.25. The molecule has 0 aromatic heterocycles. The summed E-state index contributed by atoms with van der Waals surface area (Å²) in [6.07, 6.45) is 0.399. The minimum atomic E-state index is 0.166. The van der Waals surface area contributed by atoms with E-state index < -0.39 is 0 Å². The lowest BCUT2D eigenvalue weighted by Crippen LogP contribution is -2.48. The van der Waals surface area contributed by atoms with Crippen LogP contribution in [0.4, 0.5) is 5.69 Å². The largest absolute Gasteiger partial charge is 0.491 e. The molecule has 0 bridgehead atoms. The van der Waals surface area contributed by atoms with Gasteiger partial charge in [0.25, 0.3) is 0 Å². The summed E-state index contributed by atoms with van der Waals surface area (Å²) < 4.78 is 5.58. The fraction of sp³-hybridized carbons (Fsp3) is 0.533. The van der Waals surface area contributed by atoms with Crippen LogP contribution in [0, 0.1) is 0 Å². The molecule has 1 amide bonds. The number of nitrogen functional groups attached to an aromatic ring is 1. The SMILES string of the molecule is CC1SCCN(C(=O)CCOc2ccccc2N)C1C. The Morgan fingerprint density at radius 3 is 2.95 bits per heavy atom. The Hall–Kier alpha value is -1.36. The van der Waals surface area contributed by atoms with E-state index in [9.17, 15) is 4.79 Å². The average Bonchev–Trinajstić information content (AvgIpc) is 2.44. The first-order valence-electron chi connectivity index (χ1n) is 6.98. The van der Waals surface area contributed by atoms with Crippen LogP contribution in [0.2, 0.25) is 0 Å². The van der Waals surface area contributed by atoms with Crippen molar-refractivity contribution in [3.05, 3.63) is 24.3 Å². The second-order valence-corrected chi connectivity index (χ2v) is 6.53. The van der Waals surface area contributed by atoms with Gasteiger partial charge in [-0.1, -0.05) is 19.1 Å². The highest BCUT2D eigenvalue weighted by atomic mass is 32.2. The number of carbonyl (C=O) groups is 1. The number of para-hydroxylation sites is 2. The van der Waals surface area contributed by atoms with E-state index in [-0.39, 0.29) is 5.91 Å². The fourth-order valence-corrected chi connectivity index (χ4v) is 3.39. The van der Waals surface area contributed by atoms with E-state index in [1.807, 2.05) is 34.9 Å². The van der Waals surface area contributed by atoms with Crippen molar-refractivity contribution in [1.29, 1.82) is 0 Å². The van der Waals surface area contributed by atoms with Crippen molar-refractivity contribution in [3.8, 4) is 5.75 Å². The smallest absolute Gasteiger partial charge is 0.226 e. The number of amides is 1. The Morgan fingerprint density at radius 1 is 1.45 bits per heavy atom. The molecule has 2 unspecified atom stereocenters. The van der Waals surface area contributed by atoms with Gasteiger partial charge in [0.2, 0.25) is 5.91 Å². The van der Waals surface area contributed by atoms with Crippen LogP contribution in [0.3, 0.4) is 0 Å². The number of thioether (sulfide) groups is 1. The van der Waals surface area contributed by atoms with E-state index in [4.69, 9.17) is 10.5 Å². The number of rotatable bonds is 4. The summed E-state index contributed by atoms with van der Waals surface area (Å²) in [6.45, 7) is 5.50. The second kappa shape index (κ2) is 6.88. The highest BCUT2D eigenvalue weighted by Gasteiger charge is 2.28. The van der Waals surface area contributed by atoms with Crippen molar-refractivity contribution in [2.45, 2.75) is 31.6 Å². The number of carbonyl (C=O) groups excluding carboxylic acids is 1. The first kappa shape index (κ1) is 15.0. The summed E-state index contributed by atoms with van der Waals surface area (Å²) >= 11 is 1.93. The molecule has 4 nitrogen and oxygen atoms in total. The zero-order valence-electron chi connectivity index (χ0n) is 12.0. The van der Waals surface area contributed by atoms with Gasteiger partial charge in [0.1, 0.15) is 5.75 Å². The van der Waals surface area contributed by atoms with Gasteiger partial charge >= 0.3 is 0 Å². The molecular weight excluding hydrogens is 272 g/mol. The van der Waals surface area contributed by atoms with Crippen LogP contribution in [-0.4, -0.2) is 41.0 Å². The Labute approximate surface area is 124 Å². The lowest BCUT2D eigenvalue weighted by atomic mass is 10.2. The Bertz CT molecular complexity index is 467. The molecule has 5 heteroatoms. The second-order valence-electron chi connectivity index (χ2n) is 5.04. The molecule has 2 atom stereocenters. The molecule has 0 spiro atoms. The molecule has 110 valence electrons. The summed E-state index contributed by atoms with van der Waals surface area (Å²) in [6, 6.07) is 7.65. The van der Waals surface area contributed by atoms with E-state index in [0.717, 1.165) is 12.3 Å². The van der Waals surface area contributed by atoms with Gasteiger partial charge in [-0.05, 0) is 19.1 Å². The van der Waals surface area contributed by atoms with E-state index in [0.29, 0.717) is 35.8 Å². The van der Waals surface area contributed by atoms with E-state index in [2.05, 4.69) is 13.8 Å². The molecule has 0 aliphatic carbocycles. The third-order valence-electron chi connectivity index (χ3n) is 3.70. The lowest BCUT2D eigenvalue weighted by Gasteiger charge is -2.37. The molecule has 1 fully saturated rings. The molecule has 1 aliphatic heterocycles. The third kappa shape index (κ3) is 3.60. The number of hydrogen-bond acceptors (Lipinski definition) is 4. The van der Waals surface area contributed by atoms with Gasteiger partial charge in [-0.2, -0.15) is 11.8 Å². The number of ether oxygens (including phenoxy) is 1. The van der Waals surface area contributed by atoms with Crippen LogP contribution in [0.25, 0.3) is 0 Å². The maximum absolute atomic E-state index is 12.2. The maximum Gasteiger partial charge on any atom is 0.226 e. The first-order chi connectivity index (χ1) is 9.59. The molecule has 1 aliphatic rings. The van der Waals surface area contributed by atoms with Gasteiger partial charge in [0.15, 0.2) is 0 Å². The first-order valence-corrected chi connectivity index (χ1v) is 8.03. The molecule has 1 aromatic carbocycles. The van der Waals surface area contributed by atoms with Gasteiger partial charge in [-0.3, -0.25) is 4.79 Å². The number of anilines is 1. The van der Waals surface area contributed by atoms with E-state index >= 15 is 0 Å². The molecule has 1 aromatic rings. The predicted octanol–water partition coefficient (Wildman–Crippen LogP) is 2.39. The highest BCUT2D eigenvalue weighted by molar-refractivity contribution is 8.00. The van der Waals surface area contributed by atoms with Gasteiger partial charge in [0.05, 0.1) is 18.7 Å². The number of benzene rings is 1. The quantitative estimate of drug-likeness (QED) is 0.866. The van der Waals surface area contributed by atoms with Gasteiger partial charge in [-0.15, -0.1) is 0 Å². The summed E-state index contributed by atoms with van der Waals surface area (Å²) in [7, 11) is 0. The molecule has 20 heavy (non-hydrogen) atoms. The molecule has 0 saturated carbocycles. The lowest BCUT2D eigenvalue weighted by molar-refractivity contribution is -0.133. The fourth-order valence-electron chi connectivity index (χ4n) is 2.29. The minimum absolute atomic E-state index is 0.166. The summed E-state index contributed by atoms with van der Waals surface area (Å²) in [5.74, 6) is 1.83. The van der Waals surface area contributed by atoms with Crippen molar-refractivity contribution < 1.29 is 9.53 Å². The zero-order chi connectivity index (χ0) is 14.5. The molecular formula is C15H22N2O2S. The Balaban J connectivity index is 1.82. The molecule has 2 N–H and O–H groups in total. The predicted molar refractivity (Wildman–Crippen MR) is 84.1 cm³/mol. The van der Waals surface area contributed by atoms with E-state index in [1.54, 1.807) is 6.07 Å². The molecule has 1 heterocycles. The summed E-state index contributed by atoms with van der Waals surface area (Å²) in [5.41, 5.74) is 6.41. The van der Waals surface area contributed by atoms with Crippen molar-refractivity contribution >= 4 is 23.4 Å². The van der Waals surface area contributed by atoms with Crippen molar-refractivity contribution in [1.82, 2.24) is 4.90 Å². The standard InChI is InChI=1S/C15H22N2O2S/c1-11-12(2)20-10-8-17(11)15(18)7-9-19-14-6-4-3-5-13(14)16/h3-6,11-12H,7-10,16H2,1-2H3. The van der Waals surface area contributed by atoms with Crippen molar-refractivity contribution in [2.24, 2.45) is 0 Å². The summed E-state index contributed by atoms with van der Waals surface area (Å²) in [5, 5.41) is 0.499. The number of nitrogens with two attached hydrogens (primary N) is 1. The van der Waals surface area contributed by atoms with Crippen LogP contribution in [0.5, 0.6) is 5.75 Å². The normalized spacial score (nSPS) is 22.6. The van der Waals surface area contributed by atoms with Crippen LogP contribution < -0.4 is 10.5 Å². The average molecular weight is 294 g/mol. The van der Waals surface area contributed by atoms with Crippen LogP contribution in [0.1, 0.15) is 20.3 Å². The number of hydrogen-bond donors (Lipinski definition) is 1. The maximum atomic E-state index is 12.2. The monoisotopic (exact) mass is 294 g/mol. The molecule has 2 rings (SSSR count). The van der Waals surface area contributed by atoms with Crippen LogP contribution in [0.15, 0.2) is 24.3 Å². The topological polar surface area (TPSA) is 55.6 Å². The molecule has 0 radical (unpaired) electrons. The third-order valence-corrected chi connectivity index (χ3v) is 5.03. The zero-order valence-corrected chi connectivity index (χ0v) is 12.9. The Kier molecular flexibility index (Phi) is 5.17. The van der Waals surface area contributed by atoms with Gasteiger partial charge in [0, 0.05) is 23.6 Å².